The number of benzene rings is 1. The highest BCUT2D eigenvalue weighted by molar-refractivity contribution is 5.87. The van der Waals surface area contributed by atoms with Crippen LogP contribution in [0, 0.1) is 0 Å². The molecule has 1 heterocycles. The Balaban J connectivity index is 2.29. The first-order valence-corrected chi connectivity index (χ1v) is 5.11. The van der Waals surface area contributed by atoms with Gasteiger partial charge in [-0.15, -0.1) is 0 Å². The van der Waals surface area contributed by atoms with Gasteiger partial charge in [0.25, 0.3) is 0 Å². The zero-order valence-corrected chi connectivity index (χ0v) is 8.58. The van der Waals surface area contributed by atoms with Gasteiger partial charge in [0.1, 0.15) is 5.75 Å². The molecule has 3 heteroatoms. The summed E-state index contributed by atoms with van der Waals surface area (Å²) in [6.45, 7) is 0. The maximum absolute atomic E-state index is 10.1. The molecule has 1 saturated carbocycles. The molecule has 3 rings (SSSR count). The topological polar surface area (TPSA) is 45.2 Å². The molecule has 0 amide bonds. The Morgan fingerprint density at radius 1 is 1.33 bits per heavy atom. The Kier molecular flexibility index (Phi) is 1.62. The first kappa shape index (κ1) is 8.80. The SMILES string of the molecule is COc1c(C2(O)CC2)ccc2[nH]ccc12. The third-order valence-electron chi connectivity index (χ3n) is 3.11. The molecule has 0 atom stereocenters. The molecule has 0 saturated heterocycles. The zero-order valence-electron chi connectivity index (χ0n) is 8.58. The fourth-order valence-corrected chi connectivity index (χ4v) is 2.08. The van der Waals surface area contributed by atoms with Crippen LogP contribution in [0.4, 0.5) is 0 Å². The third-order valence-corrected chi connectivity index (χ3v) is 3.11. The van der Waals surface area contributed by atoms with Crippen LogP contribution < -0.4 is 4.74 Å². The molecular formula is C12H13NO2. The largest absolute Gasteiger partial charge is 0.496 e. The van der Waals surface area contributed by atoms with Crippen molar-refractivity contribution in [3.05, 3.63) is 30.0 Å². The van der Waals surface area contributed by atoms with Crippen molar-refractivity contribution in [3.8, 4) is 5.75 Å². The maximum atomic E-state index is 10.1. The molecule has 1 aliphatic carbocycles. The number of H-pyrrole nitrogens is 1. The van der Waals surface area contributed by atoms with E-state index in [1.807, 2.05) is 24.4 Å². The Labute approximate surface area is 87.7 Å². The molecule has 1 aromatic carbocycles. The number of fused-ring (bicyclic) bond motifs is 1. The molecule has 0 aliphatic heterocycles. The van der Waals surface area contributed by atoms with Gasteiger partial charge in [-0.1, -0.05) is 6.07 Å². The van der Waals surface area contributed by atoms with Crippen LogP contribution in [0.2, 0.25) is 0 Å². The number of ether oxygens (including phenoxy) is 1. The summed E-state index contributed by atoms with van der Waals surface area (Å²) in [4.78, 5) is 3.13. The van der Waals surface area contributed by atoms with Crippen molar-refractivity contribution in [3.63, 3.8) is 0 Å². The van der Waals surface area contributed by atoms with Crippen molar-refractivity contribution in [2.45, 2.75) is 18.4 Å². The lowest BCUT2D eigenvalue weighted by molar-refractivity contribution is 0.148. The number of rotatable bonds is 2. The molecule has 3 nitrogen and oxygen atoms in total. The Bertz CT molecular complexity index is 511. The average Bonchev–Trinajstić information content (AvgIpc) is 2.82. The molecule has 0 unspecified atom stereocenters. The quantitative estimate of drug-likeness (QED) is 0.785. The molecule has 78 valence electrons. The monoisotopic (exact) mass is 203 g/mol. The minimum Gasteiger partial charge on any atom is -0.496 e. The van der Waals surface area contributed by atoms with Crippen molar-refractivity contribution < 1.29 is 9.84 Å². The minimum absolute atomic E-state index is 0.642. The van der Waals surface area contributed by atoms with Crippen LogP contribution in [0.15, 0.2) is 24.4 Å². The van der Waals surface area contributed by atoms with E-state index < -0.39 is 5.60 Å². The number of aliphatic hydroxyl groups is 1. The van der Waals surface area contributed by atoms with Crippen LogP contribution >= 0.6 is 0 Å². The summed E-state index contributed by atoms with van der Waals surface area (Å²) in [6.07, 6.45) is 3.55. The maximum Gasteiger partial charge on any atom is 0.134 e. The lowest BCUT2D eigenvalue weighted by Crippen LogP contribution is -2.06. The van der Waals surface area contributed by atoms with Gasteiger partial charge in [-0.25, -0.2) is 0 Å². The van der Waals surface area contributed by atoms with E-state index >= 15 is 0 Å². The molecule has 0 spiro atoms. The fourth-order valence-electron chi connectivity index (χ4n) is 2.08. The number of hydrogen-bond donors (Lipinski definition) is 2. The van der Waals surface area contributed by atoms with Gasteiger partial charge in [0.05, 0.1) is 12.7 Å². The van der Waals surface area contributed by atoms with Crippen LogP contribution in [-0.2, 0) is 5.60 Å². The summed E-state index contributed by atoms with van der Waals surface area (Å²) in [5, 5.41) is 11.2. The smallest absolute Gasteiger partial charge is 0.134 e. The van der Waals surface area contributed by atoms with E-state index in [0.717, 1.165) is 35.1 Å². The van der Waals surface area contributed by atoms with E-state index in [4.69, 9.17) is 4.74 Å². The molecule has 1 aliphatic rings. The molecule has 0 bridgehead atoms. The van der Waals surface area contributed by atoms with E-state index in [-0.39, 0.29) is 0 Å². The van der Waals surface area contributed by atoms with E-state index in [1.54, 1.807) is 7.11 Å². The van der Waals surface area contributed by atoms with Crippen LogP contribution in [0.25, 0.3) is 10.9 Å². The van der Waals surface area contributed by atoms with Crippen molar-refractivity contribution in [1.82, 2.24) is 4.98 Å². The molecule has 2 N–H and O–H groups in total. The zero-order chi connectivity index (χ0) is 10.5. The first-order chi connectivity index (χ1) is 7.24. The first-order valence-electron chi connectivity index (χ1n) is 5.11. The highest BCUT2D eigenvalue weighted by Gasteiger charge is 2.44. The minimum atomic E-state index is -0.642. The lowest BCUT2D eigenvalue weighted by Gasteiger charge is -2.14. The van der Waals surface area contributed by atoms with Crippen molar-refractivity contribution in [1.29, 1.82) is 0 Å². The van der Waals surface area contributed by atoms with Crippen molar-refractivity contribution >= 4 is 10.9 Å². The summed E-state index contributed by atoms with van der Waals surface area (Å²) in [5.74, 6) is 0.800. The van der Waals surface area contributed by atoms with Gasteiger partial charge in [-0.3, -0.25) is 0 Å². The molecule has 1 aromatic heterocycles. The van der Waals surface area contributed by atoms with Gasteiger partial charge in [0.15, 0.2) is 0 Å². The van der Waals surface area contributed by atoms with Gasteiger partial charge in [0.2, 0.25) is 0 Å². The second-order valence-corrected chi connectivity index (χ2v) is 4.12. The van der Waals surface area contributed by atoms with Gasteiger partial charge in [-0.2, -0.15) is 0 Å². The fraction of sp³-hybridized carbons (Fsp3) is 0.333. The Hall–Kier alpha value is -1.48. The van der Waals surface area contributed by atoms with Crippen LogP contribution in [-0.4, -0.2) is 17.2 Å². The van der Waals surface area contributed by atoms with Crippen molar-refractivity contribution in [2.75, 3.05) is 7.11 Å². The Morgan fingerprint density at radius 2 is 2.13 bits per heavy atom. The number of hydrogen-bond acceptors (Lipinski definition) is 2. The van der Waals surface area contributed by atoms with Crippen LogP contribution in [0.3, 0.4) is 0 Å². The summed E-state index contributed by atoms with van der Waals surface area (Å²) < 4.78 is 5.40. The average molecular weight is 203 g/mol. The predicted octanol–water partition coefficient (Wildman–Crippen LogP) is 2.16. The Morgan fingerprint density at radius 3 is 2.80 bits per heavy atom. The second kappa shape index (κ2) is 2.76. The molecule has 1 fully saturated rings. The predicted molar refractivity (Wildman–Crippen MR) is 58.0 cm³/mol. The lowest BCUT2D eigenvalue weighted by atomic mass is 10.0. The number of aromatic nitrogens is 1. The number of nitrogens with one attached hydrogen (secondary N) is 1. The highest BCUT2D eigenvalue weighted by atomic mass is 16.5. The number of methoxy groups -OCH3 is 1. The van der Waals surface area contributed by atoms with Gasteiger partial charge in [-0.05, 0) is 25.0 Å². The molecule has 15 heavy (non-hydrogen) atoms. The second-order valence-electron chi connectivity index (χ2n) is 4.12. The van der Waals surface area contributed by atoms with Crippen LogP contribution in [0.5, 0.6) is 5.75 Å². The third kappa shape index (κ3) is 1.16. The molecule has 2 aromatic rings. The van der Waals surface area contributed by atoms with Crippen LogP contribution in [0.1, 0.15) is 18.4 Å². The summed E-state index contributed by atoms with van der Waals surface area (Å²) in [5.41, 5.74) is 1.31. The highest BCUT2D eigenvalue weighted by Crippen LogP contribution is 2.50. The van der Waals surface area contributed by atoms with Gasteiger partial charge < -0.3 is 14.8 Å². The van der Waals surface area contributed by atoms with E-state index in [2.05, 4.69) is 4.98 Å². The van der Waals surface area contributed by atoms with E-state index in [0.29, 0.717) is 0 Å². The van der Waals surface area contributed by atoms with Crippen molar-refractivity contribution in [2.24, 2.45) is 0 Å². The summed E-state index contributed by atoms with van der Waals surface area (Å²) in [6, 6.07) is 5.91. The summed E-state index contributed by atoms with van der Waals surface area (Å²) in [7, 11) is 1.65. The standard InChI is InChI=1S/C12H13NO2/c1-15-11-8-4-7-13-10(8)3-2-9(11)12(14)5-6-12/h2-4,7,13-14H,5-6H2,1H3. The molecule has 0 radical (unpaired) electrons. The number of aromatic amines is 1. The van der Waals surface area contributed by atoms with Gasteiger partial charge in [0, 0.05) is 22.7 Å². The molecular weight excluding hydrogens is 190 g/mol. The normalized spacial score (nSPS) is 18.0. The van der Waals surface area contributed by atoms with E-state index in [9.17, 15) is 5.11 Å². The van der Waals surface area contributed by atoms with Gasteiger partial charge >= 0.3 is 0 Å². The van der Waals surface area contributed by atoms with E-state index in [1.165, 1.54) is 0 Å². The summed E-state index contributed by atoms with van der Waals surface area (Å²) >= 11 is 0.